The highest BCUT2D eigenvalue weighted by Crippen LogP contribution is 2.25. The van der Waals surface area contributed by atoms with Gasteiger partial charge in [0.15, 0.2) is 0 Å². The molecule has 6 heteroatoms. The monoisotopic (exact) mass is 305 g/mol. The van der Waals surface area contributed by atoms with E-state index in [4.69, 9.17) is 0 Å². The molecule has 0 radical (unpaired) electrons. The van der Waals surface area contributed by atoms with Crippen LogP contribution in [0, 0.1) is 0 Å². The van der Waals surface area contributed by atoms with Crippen LogP contribution in [0.2, 0.25) is 0 Å². The third-order valence-electron chi connectivity index (χ3n) is 2.49. The molecule has 0 spiro atoms. The van der Waals surface area contributed by atoms with Gasteiger partial charge in [0.25, 0.3) is 0 Å². The van der Waals surface area contributed by atoms with Gasteiger partial charge in [0.1, 0.15) is 0 Å². The molecule has 0 bridgehead atoms. The normalized spacial score (nSPS) is 12.6. The van der Waals surface area contributed by atoms with E-state index in [2.05, 4.69) is 33.0 Å². The molecule has 3 heterocycles. The van der Waals surface area contributed by atoms with E-state index in [0.29, 0.717) is 0 Å². The summed E-state index contributed by atoms with van der Waals surface area (Å²) in [5, 5.41) is 10.8. The molecule has 0 atom stereocenters. The number of thiophene rings is 2. The summed E-state index contributed by atoms with van der Waals surface area (Å²) in [6, 6.07) is 8.22. The van der Waals surface area contributed by atoms with Gasteiger partial charge in [-0.3, -0.25) is 4.99 Å². The molecule has 0 fully saturated rings. The Kier molecular flexibility index (Phi) is 3.72. The molecule has 0 aliphatic heterocycles. The van der Waals surface area contributed by atoms with E-state index in [9.17, 15) is 0 Å². The first kappa shape index (κ1) is 12.5. The second-order valence-corrected chi connectivity index (χ2v) is 6.44. The van der Waals surface area contributed by atoms with Crippen LogP contribution >= 0.6 is 34.0 Å². The Bertz CT molecular complexity index is 731. The van der Waals surface area contributed by atoms with Gasteiger partial charge >= 0.3 is 0 Å². The Morgan fingerprint density at radius 1 is 1.11 bits per heavy atom. The fourth-order valence-electron chi connectivity index (χ4n) is 1.64. The van der Waals surface area contributed by atoms with Crippen LogP contribution in [0.3, 0.4) is 0 Å². The summed E-state index contributed by atoms with van der Waals surface area (Å²) in [5.74, 6) is 0. The molecule has 3 aromatic rings. The minimum absolute atomic E-state index is 0.899. The number of hydrogen-bond donors (Lipinski definition) is 0. The summed E-state index contributed by atoms with van der Waals surface area (Å²) in [6.07, 6.45) is 1.88. The van der Waals surface area contributed by atoms with Crippen LogP contribution in [0.5, 0.6) is 0 Å². The Labute approximate surface area is 122 Å². The van der Waals surface area contributed by atoms with Crippen molar-refractivity contribution in [3.05, 3.63) is 50.1 Å². The quantitative estimate of drug-likeness (QED) is 0.660. The van der Waals surface area contributed by atoms with Crippen LogP contribution in [0.15, 0.2) is 50.5 Å². The van der Waals surface area contributed by atoms with Crippen LogP contribution < -0.4 is 4.80 Å². The van der Waals surface area contributed by atoms with Gasteiger partial charge in [-0.05, 0) is 22.9 Å². The van der Waals surface area contributed by atoms with Crippen molar-refractivity contribution in [3.8, 4) is 10.6 Å². The lowest BCUT2D eigenvalue weighted by molar-refractivity contribution is 0.850. The lowest BCUT2D eigenvalue weighted by Gasteiger charge is -1.99. The van der Waals surface area contributed by atoms with E-state index in [1.54, 1.807) is 41.1 Å². The molecule has 0 aliphatic rings. The maximum Gasteiger partial charge on any atom is 0.205 e. The predicted octanol–water partition coefficient (Wildman–Crippen LogP) is 3.75. The minimum atomic E-state index is 0.899. The first-order valence-electron chi connectivity index (χ1n) is 5.63. The highest BCUT2D eigenvalue weighted by atomic mass is 32.1. The van der Waals surface area contributed by atoms with Crippen molar-refractivity contribution in [1.29, 1.82) is 0 Å². The molecule has 0 aliphatic carbocycles. The maximum atomic E-state index is 4.56. The third kappa shape index (κ3) is 2.60. The zero-order chi connectivity index (χ0) is 13.1. The van der Waals surface area contributed by atoms with Crippen LogP contribution in [-0.4, -0.2) is 17.9 Å². The molecular weight excluding hydrogens is 294 g/mol. The summed E-state index contributed by atoms with van der Waals surface area (Å²) < 4.78 is 1.90. The summed E-state index contributed by atoms with van der Waals surface area (Å²) in [7, 11) is 1.79. The molecule has 0 N–H and O–H groups in total. The average molecular weight is 305 g/mol. The van der Waals surface area contributed by atoms with Crippen molar-refractivity contribution in [2.75, 3.05) is 7.05 Å². The van der Waals surface area contributed by atoms with Gasteiger partial charge in [0.2, 0.25) is 4.80 Å². The summed E-state index contributed by atoms with van der Waals surface area (Å²) in [6.45, 7) is 0. The lowest BCUT2D eigenvalue weighted by Crippen LogP contribution is -2.11. The topological polar surface area (TPSA) is 29.6 Å². The maximum absolute atomic E-state index is 4.56. The highest BCUT2D eigenvalue weighted by molar-refractivity contribution is 7.14. The molecule has 0 amide bonds. The van der Waals surface area contributed by atoms with Gasteiger partial charge < -0.3 is 0 Å². The molecule has 3 rings (SSSR count). The molecule has 0 saturated heterocycles. The van der Waals surface area contributed by atoms with Crippen LogP contribution in [0.1, 0.15) is 4.88 Å². The molecular formula is C13H11N3S3. The largest absolute Gasteiger partial charge is 0.261 e. The first-order valence-corrected chi connectivity index (χ1v) is 8.27. The number of rotatable bonds is 3. The van der Waals surface area contributed by atoms with Gasteiger partial charge in [0, 0.05) is 17.3 Å². The van der Waals surface area contributed by atoms with E-state index in [-0.39, 0.29) is 0 Å². The lowest BCUT2D eigenvalue weighted by atomic mass is 10.4. The Hall–Kier alpha value is -1.50. The second kappa shape index (κ2) is 5.64. The van der Waals surface area contributed by atoms with E-state index >= 15 is 0 Å². The number of aromatic nitrogens is 1. The molecule has 0 aromatic carbocycles. The van der Waals surface area contributed by atoms with Gasteiger partial charge in [-0.2, -0.15) is 5.10 Å². The minimum Gasteiger partial charge on any atom is -0.261 e. The molecule has 0 unspecified atom stereocenters. The van der Waals surface area contributed by atoms with E-state index in [0.717, 1.165) is 15.4 Å². The van der Waals surface area contributed by atoms with E-state index in [1.165, 1.54) is 4.88 Å². The fraction of sp³-hybridized carbons (Fsp3) is 0.0769. The Morgan fingerprint density at radius 2 is 1.95 bits per heavy atom. The zero-order valence-corrected chi connectivity index (χ0v) is 12.6. The standard InChI is InChI=1S/C13H11N3S3/c1-14-13-16(15-8-10-4-2-6-17-10)11(9-19-13)12-5-3-7-18-12/h2-9H,1H3. The highest BCUT2D eigenvalue weighted by Gasteiger charge is 2.07. The molecule has 96 valence electrons. The Balaban J connectivity index is 2.06. The molecule has 3 aromatic heterocycles. The van der Waals surface area contributed by atoms with Crippen LogP contribution in [0.25, 0.3) is 10.6 Å². The van der Waals surface area contributed by atoms with Crippen LogP contribution in [-0.2, 0) is 0 Å². The van der Waals surface area contributed by atoms with Gasteiger partial charge in [0.05, 0.1) is 16.8 Å². The van der Waals surface area contributed by atoms with Crippen molar-refractivity contribution in [2.45, 2.75) is 0 Å². The van der Waals surface area contributed by atoms with E-state index in [1.807, 2.05) is 28.4 Å². The predicted molar refractivity (Wildman–Crippen MR) is 84.4 cm³/mol. The van der Waals surface area contributed by atoms with Gasteiger partial charge in [-0.25, -0.2) is 4.68 Å². The molecule has 19 heavy (non-hydrogen) atoms. The zero-order valence-electron chi connectivity index (χ0n) is 10.2. The van der Waals surface area contributed by atoms with Crippen LogP contribution in [0.4, 0.5) is 0 Å². The first-order chi connectivity index (χ1) is 9.38. The van der Waals surface area contributed by atoms with Crippen molar-refractivity contribution in [3.63, 3.8) is 0 Å². The van der Waals surface area contributed by atoms with E-state index < -0.39 is 0 Å². The number of hydrogen-bond acceptors (Lipinski definition) is 5. The third-order valence-corrected chi connectivity index (χ3v) is 5.10. The Morgan fingerprint density at radius 3 is 2.63 bits per heavy atom. The number of thiazole rings is 1. The van der Waals surface area contributed by atoms with Crippen molar-refractivity contribution in [2.24, 2.45) is 10.1 Å². The number of nitrogens with zero attached hydrogens (tertiary/aromatic N) is 3. The van der Waals surface area contributed by atoms with Gasteiger partial charge in [-0.15, -0.1) is 34.0 Å². The summed E-state index contributed by atoms with van der Waals surface area (Å²) >= 11 is 4.99. The summed E-state index contributed by atoms with van der Waals surface area (Å²) in [4.78, 5) is 7.52. The smallest absolute Gasteiger partial charge is 0.205 e. The summed E-state index contributed by atoms with van der Waals surface area (Å²) in [5.41, 5.74) is 1.09. The van der Waals surface area contributed by atoms with Crippen molar-refractivity contribution < 1.29 is 0 Å². The van der Waals surface area contributed by atoms with Gasteiger partial charge in [-0.1, -0.05) is 12.1 Å². The molecule has 0 saturated carbocycles. The SMILES string of the molecule is CN=c1scc(-c2cccs2)n1N=Cc1cccs1. The van der Waals surface area contributed by atoms with Crippen molar-refractivity contribution in [1.82, 2.24) is 4.68 Å². The van der Waals surface area contributed by atoms with Crippen molar-refractivity contribution >= 4 is 40.2 Å². The fourth-order valence-corrected chi connectivity index (χ4v) is 3.81. The molecule has 3 nitrogen and oxygen atoms in total. The average Bonchev–Trinajstić information content (AvgIpc) is 3.16. The second-order valence-electron chi connectivity index (χ2n) is 3.68.